The van der Waals surface area contributed by atoms with Gasteiger partial charge in [0.2, 0.25) is 0 Å². The van der Waals surface area contributed by atoms with Gasteiger partial charge in [-0.3, -0.25) is 10.1 Å². The Kier molecular flexibility index (Phi) is 7.56. The molecule has 0 aliphatic heterocycles. The molecule has 9 heteroatoms. The lowest BCUT2D eigenvalue weighted by Gasteiger charge is -2.14. The average Bonchev–Trinajstić information content (AvgIpc) is 2.78. The standard InChI is InChI=1S/C23H17BrFNO6/c1-30-21-13-15(6-11-22(27)32-18-9-7-17(8-10-18)26(28)29)12-19(24)23(21)31-14-16-4-2-3-5-20(16)25/h2-13H,14H2,1H3/b11-6+. The maximum Gasteiger partial charge on any atom is 0.336 e. The summed E-state index contributed by atoms with van der Waals surface area (Å²) in [7, 11) is 1.47. The van der Waals surface area contributed by atoms with Gasteiger partial charge in [-0.25, -0.2) is 9.18 Å². The van der Waals surface area contributed by atoms with Crippen LogP contribution in [-0.4, -0.2) is 18.0 Å². The van der Waals surface area contributed by atoms with Gasteiger partial charge in [-0.2, -0.15) is 0 Å². The fourth-order valence-electron chi connectivity index (χ4n) is 2.69. The van der Waals surface area contributed by atoms with Gasteiger partial charge in [0.05, 0.1) is 16.5 Å². The first-order chi connectivity index (χ1) is 15.4. The van der Waals surface area contributed by atoms with Crippen LogP contribution in [0.4, 0.5) is 10.1 Å². The Hall–Kier alpha value is -3.72. The summed E-state index contributed by atoms with van der Waals surface area (Å²) in [6, 6.07) is 14.8. The number of methoxy groups -OCH3 is 1. The van der Waals surface area contributed by atoms with Crippen molar-refractivity contribution in [2.75, 3.05) is 7.11 Å². The van der Waals surface area contributed by atoms with Gasteiger partial charge in [0, 0.05) is 23.8 Å². The highest BCUT2D eigenvalue weighted by Gasteiger charge is 2.13. The number of carbonyl (C=O) groups excluding carboxylic acids is 1. The largest absolute Gasteiger partial charge is 0.493 e. The summed E-state index contributed by atoms with van der Waals surface area (Å²) >= 11 is 3.41. The molecule has 0 saturated carbocycles. The number of esters is 1. The van der Waals surface area contributed by atoms with Gasteiger partial charge in [0.25, 0.3) is 5.69 Å². The van der Waals surface area contributed by atoms with Crippen LogP contribution in [0.5, 0.6) is 17.2 Å². The van der Waals surface area contributed by atoms with Crippen LogP contribution >= 0.6 is 15.9 Å². The van der Waals surface area contributed by atoms with E-state index in [1.54, 1.807) is 30.3 Å². The molecule has 7 nitrogen and oxygen atoms in total. The smallest absolute Gasteiger partial charge is 0.336 e. The van der Waals surface area contributed by atoms with Gasteiger partial charge >= 0.3 is 5.97 Å². The van der Waals surface area contributed by atoms with E-state index in [2.05, 4.69) is 15.9 Å². The van der Waals surface area contributed by atoms with Crippen molar-refractivity contribution in [2.45, 2.75) is 6.61 Å². The number of hydrogen-bond donors (Lipinski definition) is 0. The SMILES string of the molecule is COc1cc(/C=C/C(=O)Oc2ccc([N+](=O)[O-])cc2)cc(Br)c1OCc1ccccc1F. The van der Waals surface area contributed by atoms with Crippen molar-refractivity contribution in [1.29, 1.82) is 0 Å². The minimum absolute atomic E-state index is 0.0123. The lowest BCUT2D eigenvalue weighted by molar-refractivity contribution is -0.384. The van der Waals surface area contributed by atoms with E-state index >= 15 is 0 Å². The highest BCUT2D eigenvalue weighted by molar-refractivity contribution is 9.10. The highest BCUT2D eigenvalue weighted by Crippen LogP contribution is 2.37. The molecule has 0 bridgehead atoms. The zero-order valence-electron chi connectivity index (χ0n) is 16.8. The number of halogens is 2. The molecule has 0 heterocycles. The van der Waals surface area contributed by atoms with Crippen molar-refractivity contribution >= 4 is 33.7 Å². The van der Waals surface area contributed by atoms with Crippen molar-refractivity contribution in [1.82, 2.24) is 0 Å². The van der Waals surface area contributed by atoms with Crippen molar-refractivity contribution in [2.24, 2.45) is 0 Å². The normalized spacial score (nSPS) is 10.7. The highest BCUT2D eigenvalue weighted by atomic mass is 79.9. The van der Waals surface area contributed by atoms with Gasteiger partial charge in [0.1, 0.15) is 18.2 Å². The molecular weight excluding hydrogens is 485 g/mol. The molecule has 0 atom stereocenters. The summed E-state index contributed by atoms with van der Waals surface area (Å²) in [6.45, 7) is 0.0123. The van der Waals surface area contributed by atoms with Crippen LogP contribution in [0, 0.1) is 15.9 Å². The van der Waals surface area contributed by atoms with Crippen LogP contribution in [0.3, 0.4) is 0 Å². The van der Waals surface area contributed by atoms with Gasteiger partial charge in [-0.05, 0) is 57.9 Å². The molecule has 0 aliphatic carbocycles. The zero-order valence-corrected chi connectivity index (χ0v) is 18.4. The van der Waals surface area contributed by atoms with Crippen molar-refractivity contribution in [3.05, 3.63) is 98.3 Å². The molecule has 0 amide bonds. The summed E-state index contributed by atoms with van der Waals surface area (Å²) in [4.78, 5) is 22.2. The van der Waals surface area contributed by atoms with Crippen molar-refractivity contribution < 1.29 is 28.3 Å². The van der Waals surface area contributed by atoms with E-state index < -0.39 is 10.9 Å². The Morgan fingerprint density at radius 1 is 1.16 bits per heavy atom. The number of hydrogen-bond acceptors (Lipinski definition) is 6. The summed E-state index contributed by atoms with van der Waals surface area (Å²) in [5.41, 5.74) is 0.918. The lowest BCUT2D eigenvalue weighted by atomic mass is 10.2. The molecule has 0 N–H and O–H groups in total. The van der Waals surface area contributed by atoms with Crippen LogP contribution in [0.25, 0.3) is 6.08 Å². The predicted molar refractivity (Wildman–Crippen MR) is 119 cm³/mol. The molecule has 0 radical (unpaired) electrons. The van der Waals surface area contributed by atoms with E-state index in [1.165, 1.54) is 49.6 Å². The monoisotopic (exact) mass is 501 g/mol. The Balaban J connectivity index is 1.69. The minimum atomic E-state index is -0.658. The Morgan fingerprint density at radius 2 is 1.88 bits per heavy atom. The summed E-state index contributed by atoms with van der Waals surface area (Å²) in [5.74, 6) is -0.0659. The molecule has 0 aliphatic rings. The molecule has 0 fully saturated rings. The molecule has 0 saturated heterocycles. The first kappa shape index (κ1) is 23.0. The zero-order chi connectivity index (χ0) is 23.1. The van der Waals surface area contributed by atoms with Crippen LogP contribution in [0.1, 0.15) is 11.1 Å². The molecule has 3 rings (SSSR count). The van der Waals surface area contributed by atoms with E-state index in [0.29, 0.717) is 27.1 Å². The summed E-state index contributed by atoms with van der Waals surface area (Å²) in [5, 5.41) is 10.7. The van der Waals surface area contributed by atoms with Gasteiger partial charge in [-0.1, -0.05) is 18.2 Å². The third kappa shape index (κ3) is 5.92. The van der Waals surface area contributed by atoms with Crippen LogP contribution in [-0.2, 0) is 11.4 Å². The molecular formula is C23H17BrFNO6. The van der Waals surface area contributed by atoms with Crippen LogP contribution in [0.2, 0.25) is 0 Å². The van der Waals surface area contributed by atoms with Crippen molar-refractivity contribution in [3.63, 3.8) is 0 Å². The molecule has 0 aromatic heterocycles. The number of carbonyl (C=O) groups is 1. The number of nitrogens with zero attached hydrogens (tertiary/aromatic N) is 1. The number of rotatable bonds is 8. The van der Waals surface area contributed by atoms with E-state index in [9.17, 15) is 19.3 Å². The number of ether oxygens (including phenoxy) is 3. The topological polar surface area (TPSA) is 87.9 Å². The minimum Gasteiger partial charge on any atom is -0.493 e. The fourth-order valence-corrected chi connectivity index (χ4v) is 3.27. The van der Waals surface area contributed by atoms with E-state index in [4.69, 9.17) is 14.2 Å². The third-order valence-corrected chi connectivity index (χ3v) is 4.85. The van der Waals surface area contributed by atoms with E-state index in [1.807, 2.05) is 0 Å². The second kappa shape index (κ2) is 10.5. The summed E-state index contributed by atoms with van der Waals surface area (Å²) in [6.07, 6.45) is 2.73. The van der Waals surface area contributed by atoms with Gasteiger partial charge < -0.3 is 14.2 Å². The predicted octanol–water partition coefficient (Wildman–Crippen LogP) is 5.70. The quantitative estimate of drug-likeness (QED) is 0.129. The molecule has 0 spiro atoms. The Bertz CT molecular complexity index is 1160. The van der Waals surface area contributed by atoms with E-state index in [0.717, 1.165) is 0 Å². The molecule has 3 aromatic rings. The molecule has 0 unspecified atom stereocenters. The maximum atomic E-state index is 13.8. The number of nitro groups is 1. The molecule has 3 aromatic carbocycles. The van der Waals surface area contributed by atoms with Gasteiger partial charge in [-0.15, -0.1) is 0 Å². The fraction of sp³-hybridized carbons (Fsp3) is 0.0870. The lowest BCUT2D eigenvalue weighted by Crippen LogP contribution is -2.03. The maximum absolute atomic E-state index is 13.8. The Morgan fingerprint density at radius 3 is 2.53 bits per heavy atom. The number of nitro benzene ring substituents is 1. The van der Waals surface area contributed by atoms with E-state index in [-0.39, 0.29) is 23.9 Å². The average molecular weight is 502 g/mol. The van der Waals surface area contributed by atoms with Crippen LogP contribution in [0.15, 0.2) is 71.2 Å². The first-order valence-electron chi connectivity index (χ1n) is 9.25. The van der Waals surface area contributed by atoms with Crippen LogP contribution < -0.4 is 14.2 Å². The molecule has 32 heavy (non-hydrogen) atoms. The number of benzene rings is 3. The second-order valence-electron chi connectivity index (χ2n) is 6.42. The first-order valence-corrected chi connectivity index (χ1v) is 10.0. The number of non-ortho nitro benzene ring substituents is 1. The third-order valence-electron chi connectivity index (χ3n) is 4.26. The Labute approximate surface area is 191 Å². The van der Waals surface area contributed by atoms with Crippen molar-refractivity contribution in [3.8, 4) is 17.2 Å². The second-order valence-corrected chi connectivity index (χ2v) is 7.27. The summed E-state index contributed by atoms with van der Waals surface area (Å²) < 4.78 is 30.6. The molecule has 164 valence electrons. The van der Waals surface area contributed by atoms with Gasteiger partial charge in [0.15, 0.2) is 11.5 Å².